The Morgan fingerprint density at radius 1 is 1.28 bits per heavy atom. The number of benzene rings is 1. The molecule has 4 nitrogen and oxygen atoms in total. The van der Waals surface area contributed by atoms with E-state index in [1.54, 1.807) is 17.4 Å². The molecule has 0 saturated carbocycles. The topological polar surface area (TPSA) is 49.4 Å². The summed E-state index contributed by atoms with van der Waals surface area (Å²) >= 11 is 1.65. The van der Waals surface area contributed by atoms with E-state index in [2.05, 4.69) is 5.32 Å². The van der Waals surface area contributed by atoms with Crippen LogP contribution in [0.15, 0.2) is 48.5 Å². The van der Waals surface area contributed by atoms with Crippen LogP contribution in [-0.4, -0.2) is 29.8 Å². The molecule has 2 heterocycles. The number of carbonyl (C=O) groups excluding carboxylic acids is 2. The Kier molecular flexibility index (Phi) is 5.66. The second kappa shape index (κ2) is 8.12. The van der Waals surface area contributed by atoms with Crippen LogP contribution >= 0.6 is 11.3 Å². The van der Waals surface area contributed by atoms with Gasteiger partial charge in [0.2, 0.25) is 11.8 Å². The minimum absolute atomic E-state index is 0.147. The summed E-state index contributed by atoms with van der Waals surface area (Å²) in [6.07, 6.45) is 4.89. The Morgan fingerprint density at radius 2 is 2.08 bits per heavy atom. The highest BCUT2D eigenvalue weighted by Gasteiger charge is 2.24. The highest BCUT2D eigenvalue weighted by atomic mass is 32.1. The van der Waals surface area contributed by atoms with Crippen LogP contribution in [0.4, 0.5) is 0 Å². The van der Waals surface area contributed by atoms with Gasteiger partial charge in [-0.3, -0.25) is 9.59 Å². The highest BCUT2D eigenvalue weighted by Crippen LogP contribution is 2.19. The molecule has 1 unspecified atom stereocenters. The van der Waals surface area contributed by atoms with Crippen molar-refractivity contribution in [3.8, 4) is 0 Å². The fraction of sp³-hybridized carbons (Fsp3) is 0.300. The van der Waals surface area contributed by atoms with E-state index in [9.17, 15) is 9.59 Å². The molecule has 0 aliphatic carbocycles. The molecule has 1 aromatic carbocycles. The van der Waals surface area contributed by atoms with Crippen molar-refractivity contribution in [2.75, 3.05) is 13.1 Å². The summed E-state index contributed by atoms with van der Waals surface area (Å²) in [6.45, 7) is 3.32. The lowest BCUT2D eigenvalue weighted by atomic mass is 10.1. The molecule has 1 N–H and O–H groups in total. The molecule has 1 aliphatic heterocycles. The van der Waals surface area contributed by atoms with Gasteiger partial charge in [-0.2, -0.15) is 0 Å². The van der Waals surface area contributed by atoms with Gasteiger partial charge in [0.25, 0.3) is 0 Å². The largest absolute Gasteiger partial charge is 0.344 e. The van der Waals surface area contributed by atoms with Crippen molar-refractivity contribution in [2.45, 2.75) is 25.8 Å². The number of nitrogens with one attached hydrogen (secondary N) is 1. The first kappa shape index (κ1) is 17.4. The predicted octanol–water partition coefficient (Wildman–Crippen LogP) is 3.55. The number of hydrogen-bond acceptors (Lipinski definition) is 3. The molecule has 0 bridgehead atoms. The normalized spacial score (nSPS) is 15.7. The zero-order valence-corrected chi connectivity index (χ0v) is 15.1. The molecule has 130 valence electrons. The predicted molar refractivity (Wildman–Crippen MR) is 101 cm³/mol. The number of rotatable bonds is 6. The molecule has 1 saturated heterocycles. The first-order valence-corrected chi connectivity index (χ1v) is 9.31. The maximum atomic E-state index is 12.4. The molecule has 3 rings (SSSR count). The van der Waals surface area contributed by atoms with Gasteiger partial charge < -0.3 is 10.2 Å². The highest BCUT2D eigenvalue weighted by molar-refractivity contribution is 7.12. The van der Waals surface area contributed by atoms with Gasteiger partial charge in [0.15, 0.2) is 0 Å². The summed E-state index contributed by atoms with van der Waals surface area (Å²) in [4.78, 5) is 28.4. The van der Waals surface area contributed by atoms with Gasteiger partial charge in [-0.25, -0.2) is 0 Å². The van der Waals surface area contributed by atoms with E-state index in [0.29, 0.717) is 13.0 Å². The number of aryl methyl sites for hydroxylation is 1. The molecule has 1 fully saturated rings. The van der Waals surface area contributed by atoms with Crippen molar-refractivity contribution >= 4 is 29.2 Å². The minimum atomic E-state index is -0.203. The Hall–Kier alpha value is -2.40. The standard InChI is InChI=1S/C20H22N2O2S/c1-15-9-10-17(25-15)11-12-19(23)21-18(16-6-3-2-4-7-16)14-22-13-5-8-20(22)24/h2-4,6-7,9-12,18H,5,8,13-14H2,1H3,(H,21,23). The van der Waals surface area contributed by atoms with E-state index < -0.39 is 0 Å². The third kappa shape index (κ3) is 4.79. The summed E-state index contributed by atoms with van der Waals surface area (Å²) in [5.41, 5.74) is 1.01. The quantitative estimate of drug-likeness (QED) is 0.807. The van der Waals surface area contributed by atoms with Crippen LogP contribution in [0.25, 0.3) is 6.08 Å². The lowest BCUT2D eigenvalue weighted by Gasteiger charge is -2.24. The van der Waals surface area contributed by atoms with Crippen molar-refractivity contribution in [1.82, 2.24) is 10.2 Å². The van der Waals surface area contributed by atoms with Gasteiger partial charge in [0.1, 0.15) is 0 Å². The van der Waals surface area contributed by atoms with Gasteiger partial charge in [0.05, 0.1) is 6.04 Å². The minimum Gasteiger partial charge on any atom is -0.344 e. The molecule has 1 aromatic heterocycles. The Labute approximate surface area is 152 Å². The third-order valence-electron chi connectivity index (χ3n) is 4.25. The Bertz CT molecular complexity index is 767. The van der Waals surface area contributed by atoms with E-state index in [4.69, 9.17) is 0 Å². The SMILES string of the molecule is Cc1ccc(C=CC(=O)NC(CN2CCCC2=O)c2ccccc2)s1. The lowest BCUT2D eigenvalue weighted by molar-refractivity contribution is -0.128. The van der Waals surface area contributed by atoms with Gasteiger partial charge in [-0.15, -0.1) is 11.3 Å². The second-order valence-electron chi connectivity index (χ2n) is 6.20. The first-order chi connectivity index (χ1) is 12.1. The fourth-order valence-corrected chi connectivity index (χ4v) is 3.74. The Morgan fingerprint density at radius 3 is 2.72 bits per heavy atom. The molecule has 0 radical (unpaired) electrons. The van der Waals surface area contributed by atoms with E-state index in [1.165, 1.54) is 4.88 Å². The molecule has 1 atom stereocenters. The zero-order chi connectivity index (χ0) is 17.6. The summed E-state index contributed by atoms with van der Waals surface area (Å²) in [7, 11) is 0. The van der Waals surface area contributed by atoms with Crippen LogP contribution in [0.1, 0.15) is 34.2 Å². The average molecular weight is 354 g/mol. The van der Waals surface area contributed by atoms with Crippen LogP contribution in [0.2, 0.25) is 0 Å². The maximum Gasteiger partial charge on any atom is 0.244 e. The van der Waals surface area contributed by atoms with Crippen LogP contribution < -0.4 is 5.32 Å². The molecule has 25 heavy (non-hydrogen) atoms. The lowest BCUT2D eigenvalue weighted by Crippen LogP contribution is -2.38. The summed E-state index contributed by atoms with van der Waals surface area (Å²) in [5.74, 6) is 0.0198. The summed E-state index contributed by atoms with van der Waals surface area (Å²) < 4.78 is 0. The van der Waals surface area contributed by atoms with Gasteiger partial charge in [-0.1, -0.05) is 30.3 Å². The maximum absolute atomic E-state index is 12.4. The van der Waals surface area contributed by atoms with E-state index in [0.717, 1.165) is 23.4 Å². The van der Waals surface area contributed by atoms with Crippen molar-refractivity contribution in [2.24, 2.45) is 0 Å². The third-order valence-corrected chi connectivity index (χ3v) is 5.22. The number of nitrogens with zero attached hydrogens (tertiary/aromatic N) is 1. The number of amides is 2. The van der Waals surface area contributed by atoms with E-state index in [1.807, 2.05) is 60.4 Å². The number of thiophene rings is 1. The summed E-state index contributed by atoms with van der Waals surface area (Å²) in [6, 6.07) is 13.6. The van der Waals surface area contributed by atoms with Gasteiger partial charge in [0, 0.05) is 35.3 Å². The van der Waals surface area contributed by atoms with Crippen molar-refractivity contribution in [3.63, 3.8) is 0 Å². The average Bonchev–Trinajstić information content (AvgIpc) is 3.21. The van der Waals surface area contributed by atoms with Gasteiger partial charge >= 0.3 is 0 Å². The molecule has 1 aliphatic rings. The van der Waals surface area contributed by atoms with Crippen molar-refractivity contribution < 1.29 is 9.59 Å². The Balaban J connectivity index is 1.69. The molecule has 5 heteroatoms. The number of hydrogen-bond donors (Lipinski definition) is 1. The summed E-state index contributed by atoms with van der Waals surface area (Å²) in [5, 5.41) is 3.04. The van der Waals surface area contributed by atoms with E-state index >= 15 is 0 Å². The monoisotopic (exact) mass is 354 g/mol. The van der Waals surface area contributed by atoms with Crippen LogP contribution in [-0.2, 0) is 9.59 Å². The number of carbonyl (C=O) groups is 2. The first-order valence-electron chi connectivity index (χ1n) is 8.49. The van der Waals surface area contributed by atoms with Crippen LogP contribution in [0.3, 0.4) is 0 Å². The van der Waals surface area contributed by atoms with Crippen molar-refractivity contribution in [1.29, 1.82) is 0 Å². The van der Waals surface area contributed by atoms with E-state index in [-0.39, 0.29) is 17.9 Å². The number of likely N-dealkylation sites (tertiary alicyclic amines) is 1. The van der Waals surface area contributed by atoms with Crippen LogP contribution in [0, 0.1) is 6.92 Å². The fourth-order valence-electron chi connectivity index (χ4n) is 2.96. The molecular weight excluding hydrogens is 332 g/mol. The van der Waals surface area contributed by atoms with Gasteiger partial charge in [-0.05, 0) is 37.1 Å². The van der Waals surface area contributed by atoms with Crippen molar-refractivity contribution in [3.05, 3.63) is 63.9 Å². The molecular formula is C20H22N2O2S. The molecule has 2 amide bonds. The zero-order valence-electron chi connectivity index (χ0n) is 14.3. The molecule has 2 aromatic rings. The second-order valence-corrected chi connectivity index (χ2v) is 7.52. The molecule has 0 spiro atoms. The smallest absolute Gasteiger partial charge is 0.244 e. The van der Waals surface area contributed by atoms with Crippen LogP contribution in [0.5, 0.6) is 0 Å².